The number of guanidine groups is 1. The SMILES string of the molecule is N=C(N)NCCC[C@H](NC(=O)C1C[C@@H](Cc2ccccc2)[C@@H]2CCC(NC(=O)Cc3ccccc3)C(=O)N12)C(=O)N[C@H](CC(=O)O)Cc1ccccc1. The van der Waals surface area contributed by atoms with Gasteiger partial charge in [0.05, 0.1) is 12.8 Å². The molecule has 3 aromatic carbocycles. The second-order valence-electron chi connectivity index (χ2n) is 13.9. The van der Waals surface area contributed by atoms with Gasteiger partial charge in [-0.1, -0.05) is 91.0 Å². The number of nitrogens with two attached hydrogens (primary N) is 1. The van der Waals surface area contributed by atoms with E-state index in [1.54, 1.807) is 4.90 Å². The predicted molar refractivity (Wildman–Crippen MR) is 199 cm³/mol. The molecule has 0 aliphatic carbocycles. The predicted octanol–water partition coefficient (Wildman–Crippen LogP) is 2.29. The van der Waals surface area contributed by atoms with E-state index in [2.05, 4.69) is 21.3 Å². The van der Waals surface area contributed by atoms with Crippen molar-refractivity contribution in [3.05, 3.63) is 108 Å². The smallest absolute Gasteiger partial charge is 0.305 e. The first-order chi connectivity index (χ1) is 25.6. The van der Waals surface area contributed by atoms with E-state index in [1.165, 1.54) is 0 Å². The van der Waals surface area contributed by atoms with Crippen LogP contribution in [-0.2, 0) is 43.2 Å². The highest BCUT2D eigenvalue weighted by Gasteiger charge is 2.51. The fourth-order valence-electron chi connectivity index (χ4n) is 7.53. The van der Waals surface area contributed by atoms with Crippen molar-refractivity contribution in [2.24, 2.45) is 11.7 Å². The molecule has 8 N–H and O–H groups in total. The van der Waals surface area contributed by atoms with E-state index < -0.39 is 42.0 Å². The zero-order chi connectivity index (χ0) is 37.7. The number of carbonyl (C=O) groups is 5. The van der Waals surface area contributed by atoms with Gasteiger partial charge in [0.25, 0.3) is 0 Å². The standard InChI is InChI=1S/C40H49N7O6/c41-40(42)43-20-10-17-31(37(51)44-30(25-36(49)50)22-27-13-6-2-7-14-27)46-38(52)34-24-29(21-26-11-4-1-5-12-26)33-19-18-32(39(53)47(33)34)45-35(48)23-28-15-8-3-9-16-28/h1-9,11-16,29-34H,10,17-25H2,(H,44,51)(H,45,48)(H,46,52)(H,49,50)(H4,41,42,43)/t29-,30+,31+,32?,33+,34?/m1/s1. The van der Waals surface area contributed by atoms with E-state index in [4.69, 9.17) is 11.1 Å². The molecular formula is C40H49N7O6. The van der Waals surface area contributed by atoms with Gasteiger partial charge in [-0.05, 0) is 67.6 Å². The number of hydrogen-bond acceptors (Lipinski definition) is 6. The van der Waals surface area contributed by atoms with E-state index >= 15 is 0 Å². The molecule has 0 radical (unpaired) electrons. The first-order valence-corrected chi connectivity index (χ1v) is 18.2. The van der Waals surface area contributed by atoms with Crippen molar-refractivity contribution >= 4 is 35.6 Å². The zero-order valence-electron chi connectivity index (χ0n) is 29.7. The lowest BCUT2D eigenvalue weighted by Gasteiger charge is -2.39. The molecule has 2 unspecified atom stereocenters. The van der Waals surface area contributed by atoms with Crippen LogP contribution < -0.4 is 27.0 Å². The highest BCUT2D eigenvalue weighted by atomic mass is 16.4. The molecule has 13 nitrogen and oxygen atoms in total. The van der Waals surface area contributed by atoms with E-state index in [1.807, 2.05) is 91.0 Å². The van der Waals surface area contributed by atoms with Gasteiger partial charge in [0.1, 0.15) is 18.1 Å². The maximum absolute atomic E-state index is 14.3. The minimum atomic E-state index is -1.08. The Balaban J connectivity index is 1.34. The summed E-state index contributed by atoms with van der Waals surface area (Å²) in [5, 5.41) is 28.5. The molecule has 2 aliphatic rings. The van der Waals surface area contributed by atoms with Crippen molar-refractivity contribution in [2.75, 3.05) is 6.54 Å². The molecule has 2 aliphatic heterocycles. The van der Waals surface area contributed by atoms with Crippen molar-refractivity contribution in [2.45, 2.75) is 88.0 Å². The Morgan fingerprint density at radius 1 is 0.868 bits per heavy atom. The molecule has 280 valence electrons. The Morgan fingerprint density at radius 2 is 1.49 bits per heavy atom. The van der Waals surface area contributed by atoms with Crippen LogP contribution in [0, 0.1) is 11.3 Å². The third-order valence-electron chi connectivity index (χ3n) is 9.96. The summed E-state index contributed by atoms with van der Waals surface area (Å²) < 4.78 is 0. The highest BCUT2D eigenvalue weighted by molar-refractivity contribution is 5.95. The summed E-state index contributed by atoms with van der Waals surface area (Å²) in [6.45, 7) is 0.275. The molecule has 2 saturated heterocycles. The molecule has 3 aromatic rings. The van der Waals surface area contributed by atoms with Gasteiger partial charge in [0.2, 0.25) is 23.6 Å². The number of rotatable bonds is 17. The maximum atomic E-state index is 14.3. The molecular weight excluding hydrogens is 674 g/mol. The van der Waals surface area contributed by atoms with E-state index in [-0.39, 0.29) is 62.0 Å². The largest absolute Gasteiger partial charge is 0.481 e. The molecule has 53 heavy (non-hydrogen) atoms. The third kappa shape index (κ3) is 11.1. The van der Waals surface area contributed by atoms with Gasteiger partial charge in [-0.15, -0.1) is 0 Å². The van der Waals surface area contributed by atoms with E-state index in [9.17, 15) is 29.1 Å². The molecule has 2 heterocycles. The normalized spacial score (nSPS) is 20.4. The number of carbonyl (C=O) groups excluding carboxylic acids is 4. The van der Waals surface area contributed by atoms with Crippen molar-refractivity contribution < 1.29 is 29.1 Å². The summed E-state index contributed by atoms with van der Waals surface area (Å²) in [5.74, 6) is -2.98. The minimum Gasteiger partial charge on any atom is -0.481 e. The van der Waals surface area contributed by atoms with Crippen LogP contribution in [0.25, 0.3) is 0 Å². The van der Waals surface area contributed by atoms with Crippen LogP contribution in [0.5, 0.6) is 0 Å². The lowest BCUT2D eigenvalue weighted by Crippen LogP contribution is -2.60. The maximum Gasteiger partial charge on any atom is 0.305 e. The molecule has 5 rings (SSSR count). The van der Waals surface area contributed by atoms with Gasteiger partial charge in [-0.3, -0.25) is 29.4 Å². The first kappa shape index (κ1) is 38.5. The molecule has 0 saturated carbocycles. The van der Waals surface area contributed by atoms with E-state index in [0.29, 0.717) is 32.1 Å². The van der Waals surface area contributed by atoms with Crippen LogP contribution in [0.3, 0.4) is 0 Å². The summed E-state index contributed by atoms with van der Waals surface area (Å²) in [5.41, 5.74) is 8.20. The molecule has 4 amide bonds. The number of amides is 4. The fourth-order valence-corrected chi connectivity index (χ4v) is 7.53. The van der Waals surface area contributed by atoms with Gasteiger partial charge in [0, 0.05) is 18.6 Å². The lowest BCUT2D eigenvalue weighted by atomic mass is 9.86. The summed E-state index contributed by atoms with van der Waals surface area (Å²) in [6, 6.07) is 24.6. The summed E-state index contributed by atoms with van der Waals surface area (Å²) >= 11 is 0. The number of aliphatic carboxylic acids is 1. The van der Waals surface area contributed by atoms with Gasteiger partial charge < -0.3 is 37.0 Å². The second-order valence-corrected chi connectivity index (χ2v) is 13.9. The van der Waals surface area contributed by atoms with Crippen LogP contribution in [-0.4, -0.2) is 82.3 Å². The zero-order valence-corrected chi connectivity index (χ0v) is 29.7. The Hall–Kier alpha value is -5.72. The first-order valence-electron chi connectivity index (χ1n) is 18.2. The molecule has 0 spiro atoms. The van der Waals surface area contributed by atoms with Crippen molar-refractivity contribution in [1.29, 1.82) is 5.41 Å². The summed E-state index contributed by atoms with van der Waals surface area (Å²) in [6.07, 6.45) is 2.67. The number of benzene rings is 3. The number of nitrogens with zero attached hydrogens (tertiary/aromatic N) is 1. The second kappa shape index (κ2) is 18.7. The van der Waals surface area contributed by atoms with Crippen LogP contribution in [0.1, 0.15) is 55.2 Å². The van der Waals surface area contributed by atoms with Gasteiger partial charge in [-0.25, -0.2) is 0 Å². The van der Waals surface area contributed by atoms with Crippen LogP contribution >= 0.6 is 0 Å². The molecule has 6 atom stereocenters. The van der Waals surface area contributed by atoms with Crippen molar-refractivity contribution in [3.63, 3.8) is 0 Å². The van der Waals surface area contributed by atoms with E-state index in [0.717, 1.165) is 16.7 Å². The quantitative estimate of drug-likeness (QED) is 0.0624. The van der Waals surface area contributed by atoms with Gasteiger partial charge in [0.15, 0.2) is 5.96 Å². The van der Waals surface area contributed by atoms with Gasteiger partial charge in [-0.2, -0.15) is 0 Å². The average molecular weight is 724 g/mol. The summed E-state index contributed by atoms with van der Waals surface area (Å²) in [4.78, 5) is 68.7. The van der Waals surface area contributed by atoms with Gasteiger partial charge >= 0.3 is 5.97 Å². The summed E-state index contributed by atoms with van der Waals surface area (Å²) in [7, 11) is 0. The Morgan fingerprint density at radius 3 is 2.11 bits per heavy atom. The Labute approximate surface area is 309 Å². The fraction of sp³-hybridized carbons (Fsp3) is 0.400. The van der Waals surface area contributed by atoms with Crippen molar-refractivity contribution in [3.8, 4) is 0 Å². The Kier molecular flexibility index (Phi) is 13.6. The lowest BCUT2D eigenvalue weighted by molar-refractivity contribution is -0.147. The highest BCUT2D eigenvalue weighted by Crippen LogP contribution is 2.39. The van der Waals surface area contributed by atoms with Crippen LogP contribution in [0.15, 0.2) is 91.0 Å². The molecule has 0 aromatic heterocycles. The molecule has 0 bridgehead atoms. The van der Waals surface area contributed by atoms with Crippen LogP contribution in [0.4, 0.5) is 0 Å². The van der Waals surface area contributed by atoms with Crippen LogP contribution in [0.2, 0.25) is 0 Å². The average Bonchev–Trinajstić information content (AvgIpc) is 3.50. The topological polar surface area (TPSA) is 207 Å². The Bertz CT molecular complexity index is 1730. The third-order valence-corrected chi connectivity index (χ3v) is 9.96. The number of carboxylic acids is 1. The number of fused-ring (bicyclic) bond motifs is 1. The number of carboxylic acid groups (broad SMARTS) is 1. The van der Waals surface area contributed by atoms with Crippen molar-refractivity contribution in [1.82, 2.24) is 26.2 Å². The molecule has 13 heteroatoms. The monoisotopic (exact) mass is 723 g/mol. The number of hydrogen-bond donors (Lipinski definition) is 7. The minimum absolute atomic E-state index is 0.0315. The molecule has 2 fully saturated rings. The number of piperidine rings is 1. The number of nitrogens with one attached hydrogen (secondary N) is 5.